The number of rotatable bonds is 3. The van der Waals surface area contributed by atoms with E-state index in [0.717, 1.165) is 42.1 Å². The fourth-order valence-electron chi connectivity index (χ4n) is 3.44. The van der Waals surface area contributed by atoms with E-state index in [2.05, 4.69) is 22.0 Å². The lowest BCUT2D eigenvalue weighted by atomic mass is 9.97. The van der Waals surface area contributed by atoms with Gasteiger partial charge in [-0.15, -0.1) is 0 Å². The van der Waals surface area contributed by atoms with Crippen molar-refractivity contribution < 1.29 is 4.39 Å². The van der Waals surface area contributed by atoms with Gasteiger partial charge >= 0.3 is 0 Å². The molecule has 3 aromatic rings. The fraction of sp³-hybridized carbons (Fsp3) is 0.316. The second-order valence-electron chi connectivity index (χ2n) is 6.34. The third kappa shape index (κ3) is 3.13. The van der Waals surface area contributed by atoms with Gasteiger partial charge in [0.05, 0.1) is 11.0 Å². The number of H-pyrrole nitrogens is 1. The SMILES string of the molecule is Fc1ccc(CN2CCC[C@@H](c3nc4ccccc4[nH]3)C2)cc1. The topological polar surface area (TPSA) is 31.9 Å². The number of aromatic nitrogens is 2. The number of benzene rings is 2. The van der Waals surface area contributed by atoms with Gasteiger partial charge in [-0.25, -0.2) is 9.37 Å². The molecule has 4 heteroatoms. The van der Waals surface area contributed by atoms with Gasteiger partial charge in [0, 0.05) is 19.0 Å². The van der Waals surface area contributed by atoms with Crippen molar-refractivity contribution in [2.45, 2.75) is 25.3 Å². The van der Waals surface area contributed by atoms with E-state index in [1.807, 2.05) is 24.3 Å². The molecule has 0 spiro atoms. The van der Waals surface area contributed by atoms with Crippen LogP contribution in [0.4, 0.5) is 4.39 Å². The third-order valence-corrected chi connectivity index (χ3v) is 4.62. The largest absolute Gasteiger partial charge is 0.342 e. The number of likely N-dealkylation sites (tertiary alicyclic amines) is 1. The van der Waals surface area contributed by atoms with Crippen molar-refractivity contribution in [3.63, 3.8) is 0 Å². The Morgan fingerprint density at radius 1 is 1.13 bits per heavy atom. The maximum absolute atomic E-state index is 13.0. The third-order valence-electron chi connectivity index (χ3n) is 4.62. The Hall–Kier alpha value is -2.20. The molecule has 0 unspecified atom stereocenters. The zero-order valence-corrected chi connectivity index (χ0v) is 13.0. The van der Waals surface area contributed by atoms with E-state index in [-0.39, 0.29) is 5.82 Å². The minimum Gasteiger partial charge on any atom is -0.342 e. The average molecular weight is 309 g/mol. The van der Waals surface area contributed by atoms with E-state index >= 15 is 0 Å². The zero-order chi connectivity index (χ0) is 15.6. The average Bonchev–Trinajstić information content (AvgIpc) is 3.01. The molecule has 0 radical (unpaired) electrons. The summed E-state index contributed by atoms with van der Waals surface area (Å²) in [5, 5.41) is 0. The van der Waals surface area contributed by atoms with E-state index in [9.17, 15) is 4.39 Å². The van der Waals surface area contributed by atoms with Crippen LogP contribution in [0.5, 0.6) is 0 Å². The number of nitrogens with one attached hydrogen (secondary N) is 1. The first kappa shape index (κ1) is 14.4. The summed E-state index contributed by atoms with van der Waals surface area (Å²) in [5.74, 6) is 1.36. The van der Waals surface area contributed by atoms with E-state index < -0.39 is 0 Å². The highest BCUT2D eigenvalue weighted by molar-refractivity contribution is 5.74. The van der Waals surface area contributed by atoms with Crippen LogP contribution in [-0.4, -0.2) is 28.0 Å². The van der Waals surface area contributed by atoms with Gasteiger partial charge in [0.2, 0.25) is 0 Å². The van der Waals surface area contributed by atoms with Gasteiger partial charge in [0.25, 0.3) is 0 Å². The first-order valence-corrected chi connectivity index (χ1v) is 8.19. The molecule has 0 aliphatic carbocycles. The fourth-order valence-corrected chi connectivity index (χ4v) is 3.44. The molecule has 1 saturated heterocycles. The van der Waals surface area contributed by atoms with Gasteiger partial charge in [-0.2, -0.15) is 0 Å². The van der Waals surface area contributed by atoms with Crippen molar-refractivity contribution in [2.75, 3.05) is 13.1 Å². The monoisotopic (exact) mass is 309 g/mol. The molecule has 3 nitrogen and oxygen atoms in total. The summed E-state index contributed by atoms with van der Waals surface area (Å²) in [4.78, 5) is 10.7. The molecule has 2 aromatic carbocycles. The molecule has 1 aliphatic heterocycles. The molecule has 1 atom stereocenters. The minimum atomic E-state index is -0.174. The van der Waals surface area contributed by atoms with Crippen LogP contribution in [0.25, 0.3) is 11.0 Å². The van der Waals surface area contributed by atoms with Crippen molar-refractivity contribution in [1.29, 1.82) is 0 Å². The summed E-state index contributed by atoms with van der Waals surface area (Å²) in [5.41, 5.74) is 3.31. The van der Waals surface area contributed by atoms with Gasteiger partial charge in [-0.05, 0) is 49.2 Å². The van der Waals surface area contributed by atoms with Crippen molar-refractivity contribution in [2.24, 2.45) is 0 Å². The predicted octanol–water partition coefficient (Wildman–Crippen LogP) is 4.08. The van der Waals surface area contributed by atoms with Crippen LogP contribution in [0.3, 0.4) is 0 Å². The van der Waals surface area contributed by atoms with E-state index in [4.69, 9.17) is 4.98 Å². The molecule has 23 heavy (non-hydrogen) atoms. The maximum atomic E-state index is 13.0. The molecule has 1 aromatic heterocycles. The van der Waals surface area contributed by atoms with Crippen LogP contribution in [0.2, 0.25) is 0 Å². The number of aromatic amines is 1. The number of halogens is 1. The summed E-state index contributed by atoms with van der Waals surface area (Å²) in [6.45, 7) is 2.96. The number of para-hydroxylation sites is 2. The first-order chi connectivity index (χ1) is 11.3. The van der Waals surface area contributed by atoms with Crippen molar-refractivity contribution >= 4 is 11.0 Å². The molecule has 0 saturated carbocycles. The van der Waals surface area contributed by atoms with Crippen LogP contribution in [-0.2, 0) is 6.54 Å². The van der Waals surface area contributed by atoms with E-state index in [1.165, 1.54) is 25.0 Å². The van der Waals surface area contributed by atoms with Crippen LogP contribution in [0.1, 0.15) is 30.1 Å². The van der Waals surface area contributed by atoms with Gasteiger partial charge in [-0.3, -0.25) is 4.90 Å². The van der Waals surface area contributed by atoms with E-state index in [0.29, 0.717) is 5.92 Å². The van der Waals surface area contributed by atoms with Gasteiger partial charge < -0.3 is 4.98 Å². The summed E-state index contributed by atoms with van der Waals surface area (Å²) in [7, 11) is 0. The molecule has 4 rings (SSSR count). The van der Waals surface area contributed by atoms with Gasteiger partial charge in [0.15, 0.2) is 0 Å². The maximum Gasteiger partial charge on any atom is 0.123 e. The molecule has 1 aliphatic rings. The summed E-state index contributed by atoms with van der Waals surface area (Å²) < 4.78 is 13.0. The number of hydrogen-bond acceptors (Lipinski definition) is 2. The molecule has 0 amide bonds. The van der Waals surface area contributed by atoms with Gasteiger partial charge in [-0.1, -0.05) is 24.3 Å². The highest BCUT2D eigenvalue weighted by Gasteiger charge is 2.23. The molecule has 1 N–H and O–H groups in total. The Kier molecular flexibility index (Phi) is 3.83. The summed E-state index contributed by atoms with van der Waals surface area (Å²) in [6, 6.07) is 15.0. The zero-order valence-electron chi connectivity index (χ0n) is 13.0. The van der Waals surface area contributed by atoms with Crippen LogP contribution in [0.15, 0.2) is 48.5 Å². The Bertz CT molecular complexity index is 761. The van der Waals surface area contributed by atoms with Crippen molar-refractivity contribution in [3.05, 3.63) is 65.7 Å². The Balaban J connectivity index is 1.49. The van der Waals surface area contributed by atoms with Crippen LogP contribution < -0.4 is 0 Å². The molecular weight excluding hydrogens is 289 g/mol. The highest BCUT2D eigenvalue weighted by atomic mass is 19.1. The van der Waals surface area contributed by atoms with Gasteiger partial charge in [0.1, 0.15) is 11.6 Å². The van der Waals surface area contributed by atoms with Crippen LogP contribution >= 0.6 is 0 Å². The molecule has 2 heterocycles. The summed E-state index contributed by atoms with van der Waals surface area (Å²) in [6.07, 6.45) is 2.34. The normalized spacial score (nSPS) is 19.3. The predicted molar refractivity (Wildman–Crippen MR) is 89.7 cm³/mol. The molecular formula is C19H20FN3. The standard InChI is InChI=1S/C19H20FN3/c20-16-9-7-14(8-10-16)12-23-11-3-4-15(13-23)19-21-17-5-1-2-6-18(17)22-19/h1-2,5-10,15H,3-4,11-13H2,(H,21,22)/t15-/m1/s1. The summed E-state index contributed by atoms with van der Waals surface area (Å²) >= 11 is 0. The Morgan fingerprint density at radius 3 is 2.78 bits per heavy atom. The second kappa shape index (κ2) is 6.13. The van der Waals surface area contributed by atoms with Crippen molar-refractivity contribution in [3.8, 4) is 0 Å². The number of piperidine rings is 1. The lowest BCUT2D eigenvalue weighted by Gasteiger charge is -2.31. The highest BCUT2D eigenvalue weighted by Crippen LogP contribution is 2.27. The van der Waals surface area contributed by atoms with Crippen molar-refractivity contribution in [1.82, 2.24) is 14.9 Å². The van der Waals surface area contributed by atoms with Crippen LogP contribution in [0, 0.1) is 5.82 Å². The number of fused-ring (bicyclic) bond motifs is 1. The van der Waals surface area contributed by atoms with E-state index in [1.54, 1.807) is 0 Å². The lowest BCUT2D eigenvalue weighted by Crippen LogP contribution is -2.34. The number of imidazole rings is 1. The Morgan fingerprint density at radius 2 is 1.96 bits per heavy atom. The smallest absolute Gasteiger partial charge is 0.123 e. The number of nitrogens with zero attached hydrogens (tertiary/aromatic N) is 2. The Labute approximate surface area is 135 Å². The molecule has 0 bridgehead atoms. The quantitative estimate of drug-likeness (QED) is 0.790. The molecule has 1 fully saturated rings. The minimum absolute atomic E-state index is 0.174. The number of hydrogen-bond donors (Lipinski definition) is 1. The molecule has 118 valence electrons. The lowest BCUT2D eigenvalue weighted by molar-refractivity contribution is 0.197. The second-order valence-corrected chi connectivity index (χ2v) is 6.34. The first-order valence-electron chi connectivity index (χ1n) is 8.19.